The van der Waals surface area contributed by atoms with Crippen molar-refractivity contribution in [2.45, 2.75) is 261 Å². The van der Waals surface area contributed by atoms with E-state index in [9.17, 15) is 14.4 Å². The number of ether oxygens (including phenoxy) is 3. The van der Waals surface area contributed by atoms with E-state index in [2.05, 4.69) is 197 Å². The van der Waals surface area contributed by atoms with Crippen LogP contribution >= 0.6 is 22.7 Å². The van der Waals surface area contributed by atoms with Crippen LogP contribution in [0.2, 0.25) is 0 Å². The summed E-state index contributed by atoms with van der Waals surface area (Å²) in [4.78, 5) is 67.5. The minimum Gasteiger partial charge on any atom is -0.493 e. The van der Waals surface area contributed by atoms with Crippen LogP contribution in [0, 0.1) is 55.4 Å². The Morgan fingerprint density at radius 2 is 1.00 bits per heavy atom. The summed E-state index contributed by atoms with van der Waals surface area (Å²) >= 11 is 3.35. The molecule has 1 amide bonds. The van der Waals surface area contributed by atoms with E-state index < -0.39 is 0 Å². The lowest BCUT2D eigenvalue weighted by molar-refractivity contribution is -0.135. The maximum Gasteiger partial charge on any atom is 0.326 e. The Morgan fingerprint density at radius 3 is 1.65 bits per heavy atom. The van der Waals surface area contributed by atoms with Crippen LogP contribution in [0.4, 0.5) is 0 Å². The van der Waals surface area contributed by atoms with Crippen LogP contribution < -0.4 is 25.5 Å². The number of carbonyl (C=O) groups is 1. The Balaban J connectivity index is 0.000000792. The van der Waals surface area contributed by atoms with E-state index in [0.29, 0.717) is 12.5 Å². The van der Waals surface area contributed by atoms with Gasteiger partial charge in [-0.2, -0.15) is 0 Å². The molecular weight excluding hydrogens is 1870 g/mol. The quantitative estimate of drug-likeness (QED) is 0.111. The standard InChI is InChI=1S/C10H12.C9H10N2O.C9H8N2O.2C9H9N.C9H10O.C8H8N2O.2C8H8N2.C8H7NS.C8H8O2.C6H6N2S.12C2H6/c1-8-6-7-9-4-2-3-5-10(8)9;1-8-4-7-10-5-2-3-6-11(10)9(8)12;1-6-9(12)11-8-5-3-2-4-7(8)10-6;1-7-6-10-9-5-3-2-4-8(7)9;1-7-6-8-4-2-3-5-9(8)10-7;1-7-2-3-9-8(6-7)4-5-10-9;1-10-7-5-3-2-4-6(7)9-8(10)11;1-10-6-9-7-4-2-3-5-8(7)10;1-7-6-9-8-4-2-3-5-10(7)8;2*1-6-2-3-7-8(4-6)10-5-9-7;1-5-4-7-6-8(5)2-3-9-6;12*1-2/h2-5,8H,6-7H2,1H3;2-6H,7H2,1H3;2-5H,1H3,(H,11,12);2*2-6,10H,1H3;2-3,6H,4-5H2,1H3;2-5H,1H3,(H,9,11);2*2-6H,1H3;2-5H,1H3;2-4H,5H2,1H3;2-4H,1H3;12*1-2H3. The molecule has 5 aliphatic rings. The number of benzene rings is 9. The van der Waals surface area contributed by atoms with Crippen LogP contribution in [0.5, 0.6) is 17.2 Å². The molecule has 24 rings (SSSR count). The summed E-state index contributed by atoms with van der Waals surface area (Å²) in [7, 11) is 3.75. The van der Waals surface area contributed by atoms with Crippen molar-refractivity contribution in [2.24, 2.45) is 14.1 Å². The van der Waals surface area contributed by atoms with Crippen LogP contribution in [0.1, 0.15) is 254 Å². The SMILES string of the molecule is CC.CC.CC.CC.CC.CC.CC.CC.CC.CC.CC.CC.CC1=CCN2C=CC=CN2C1=O.CC1CCc2ccccc21.Cc1c[nH]c2ccccc12.Cc1cc2ccccc2[nH]1.Cc1ccc2c(c1)CCO2.Cc1ccc2c(c1)OCO2.Cc1ccc2ncsc2c1.Cc1cnc2ccccn12.Cc1cnc2sccn12.Cc1nc2ccccc2[nH]c1=O.Cn1c(=O)[nH]c2ccccc21.Cn1cnc2ccccc21. The number of fused-ring (bicyclic) bond motifs is 12. The number of aryl methyl sites for hydroxylation is 11. The minimum atomic E-state index is -0.117. The molecule has 1 aliphatic carbocycles. The molecule has 148 heavy (non-hydrogen) atoms. The van der Waals surface area contributed by atoms with Crippen molar-refractivity contribution in [3.05, 3.63) is 391 Å². The van der Waals surface area contributed by atoms with Gasteiger partial charge < -0.3 is 43.1 Å². The Labute approximate surface area is 893 Å². The fourth-order valence-corrected chi connectivity index (χ4v) is 15.6. The van der Waals surface area contributed by atoms with Gasteiger partial charge in [0.25, 0.3) is 11.5 Å². The second-order valence-electron chi connectivity index (χ2n) is 30.2. The van der Waals surface area contributed by atoms with Gasteiger partial charge in [-0.3, -0.25) is 23.6 Å². The predicted molar refractivity (Wildman–Crippen MR) is 642 cm³/mol. The molecule has 9 aromatic carbocycles. The first-order valence-corrected chi connectivity index (χ1v) is 54.8. The lowest BCUT2D eigenvalue weighted by Gasteiger charge is -2.35. The van der Waals surface area contributed by atoms with Crippen molar-refractivity contribution in [1.29, 1.82) is 0 Å². The molecule has 14 heterocycles. The number of aromatic nitrogens is 13. The Morgan fingerprint density at radius 1 is 0.439 bits per heavy atom. The largest absolute Gasteiger partial charge is 0.493 e. The molecule has 1 unspecified atom stereocenters. The van der Waals surface area contributed by atoms with Crippen molar-refractivity contribution in [1.82, 2.24) is 72.8 Å². The summed E-state index contributed by atoms with van der Waals surface area (Å²) in [5.41, 5.74) is 26.5. The molecule has 0 spiro atoms. The Kier molecular flexibility index (Phi) is 68.5. The van der Waals surface area contributed by atoms with Crippen LogP contribution in [0.25, 0.3) is 75.7 Å². The van der Waals surface area contributed by atoms with Gasteiger partial charge in [-0.1, -0.05) is 312 Å². The van der Waals surface area contributed by atoms with Gasteiger partial charge in [0, 0.05) is 108 Å². The van der Waals surface area contributed by atoms with Gasteiger partial charge in [0.1, 0.15) is 17.1 Å². The van der Waals surface area contributed by atoms with Crippen LogP contribution in [0.3, 0.4) is 0 Å². The number of para-hydroxylation sites is 8. The van der Waals surface area contributed by atoms with Crippen LogP contribution in [-0.2, 0) is 31.7 Å². The number of amides is 1. The van der Waals surface area contributed by atoms with E-state index in [1.165, 1.54) is 89.8 Å². The molecule has 0 fully saturated rings. The number of hydrogen-bond donors (Lipinski definition) is 4. The summed E-state index contributed by atoms with van der Waals surface area (Å²) < 4.78 is 24.7. The number of hydrogen-bond acceptors (Lipinski definition) is 14. The van der Waals surface area contributed by atoms with E-state index in [1.807, 2.05) is 398 Å². The highest BCUT2D eigenvalue weighted by Crippen LogP contribution is 2.34. The predicted octanol–water partition coefficient (Wildman–Crippen LogP) is 34.3. The Hall–Kier alpha value is -14.4. The van der Waals surface area contributed by atoms with Crippen molar-refractivity contribution >= 4 is 104 Å². The minimum absolute atomic E-state index is 0.0573. The monoisotopic (exact) mass is 2050 g/mol. The molecule has 21 nitrogen and oxygen atoms in total. The van der Waals surface area contributed by atoms with E-state index >= 15 is 0 Å². The second kappa shape index (κ2) is 77.1. The number of allylic oxidation sites excluding steroid dienone is 2. The fraction of sp³-hybridized carbons (Fsp3) is 0.344. The average molecular weight is 2050 g/mol. The number of hydrazine groups is 1. The first-order chi connectivity index (χ1) is 72.2. The number of pyridine rings is 1. The lowest BCUT2D eigenvalue weighted by atomic mass is 10.0. The summed E-state index contributed by atoms with van der Waals surface area (Å²) in [6.45, 7) is 70.4. The normalized spacial score (nSPS) is 11.5. The number of aromatic amines is 4. The van der Waals surface area contributed by atoms with Crippen LogP contribution in [0.15, 0.2) is 318 Å². The van der Waals surface area contributed by atoms with Gasteiger partial charge in [0.05, 0.1) is 68.3 Å². The van der Waals surface area contributed by atoms with E-state index in [-0.39, 0.29) is 17.2 Å². The van der Waals surface area contributed by atoms with Crippen molar-refractivity contribution < 1.29 is 19.0 Å². The van der Waals surface area contributed by atoms with E-state index in [4.69, 9.17) is 14.2 Å². The molecular formula is C125H175N15O6S2. The van der Waals surface area contributed by atoms with Crippen molar-refractivity contribution in [3.8, 4) is 17.2 Å². The molecule has 1 atom stereocenters. The van der Waals surface area contributed by atoms with Gasteiger partial charge >= 0.3 is 5.69 Å². The van der Waals surface area contributed by atoms with E-state index in [0.717, 1.165) is 92.0 Å². The second-order valence-corrected chi connectivity index (χ2v) is 32.0. The molecule has 0 bridgehead atoms. The zero-order valence-electron chi connectivity index (χ0n) is 95.9. The van der Waals surface area contributed by atoms with Crippen LogP contribution in [-0.4, -0.2) is 98.7 Å². The lowest BCUT2D eigenvalue weighted by Crippen LogP contribution is -2.44. The van der Waals surface area contributed by atoms with Crippen molar-refractivity contribution in [2.75, 3.05) is 19.9 Å². The third-order valence-electron chi connectivity index (χ3n) is 20.9. The summed E-state index contributed by atoms with van der Waals surface area (Å²) in [6, 6.07) is 75.2. The third kappa shape index (κ3) is 42.2. The third-order valence-corrected chi connectivity index (χ3v) is 22.5. The van der Waals surface area contributed by atoms with Crippen molar-refractivity contribution in [3.63, 3.8) is 0 Å². The molecule has 0 radical (unpaired) electrons. The number of carbonyl (C=O) groups excluding carboxylic acids is 1. The van der Waals surface area contributed by atoms with Gasteiger partial charge in [-0.25, -0.2) is 34.7 Å². The highest BCUT2D eigenvalue weighted by Gasteiger charge is 2.23. The Bertz CT molecular complexity index is 6740. The fourth-order valence-electron chi connectivity index (χ4n) is 14.0. The number of nitrogens with one attached hydrogen (secondary N) is 4. The molecule has 4 aliphatic heterocycles. The molecule has 798 valence electrons. The molecule has 0 saturated heterocycles. The zero-order chi connectivity index (χ0) is 111. The smallest absolute Gasteiger partial charge is 0.326 e. The highest BCUT2D eigenvalue weighted by molar-refractivity contribution is 7.16. The average Bonchev–Trinajstić information content (AvgIpc) is 1.58. The first-order valence-electron chi connectivity index (χ1n) is 53.0. The summed E-state index contributed by atoms with van der Waals surface area (Å²) in [5.74, 6) is 3.65. The number of H-pyrrole nitrogens is 4. The van der Waals surface area contributed by atoms with Gasteiger partial charge in [-0.05, 0) is 229 Å². The summed E-state index contributed by atoms with van der Waals surface area (Å²) in [6.07, 6.45) is 24.7. The molecule has 0 saturated carbocycles. The number of thiazole rings is 2. The van der Waals surface area contributed by atoms with Gasteiger partial charge in [-0.15, -0.1) is 22.7 Å². The molecule has 10 aromatic heterocycles. The number of imidazole rings is 4. The molecule has 4 N–H and O–H groups in total. The zero-order valence-corrected chi connectivity index (χ0v) is 97.5. The molecule has 23 heteroatoms. The highest BCUT2D eigenvalue weighted by atomic mass is 32.1. The maximum absolute atomic E-state index is 11.5. The van der Waals surface area contributed by atoms with Gasteiger partial charge in [0.2, 0.25) is 6.79 Å². The maximum atomic E-state index is 11.5. The first kappa shape index (κ1) is 132. The molecule has 19 aromatic rings. The number of nitrogens with zero attached hydrogens (tertiary/aromatic N) is 11. The number of rotatable bonds is 0. The van der Waals surface area contributed by atoms with Gasteiger partial charge in [0.15, 0.2) is 16.5 Å². The topological polar surface area (TPSA) is 232 Å². The summed E-state index contributed by atoms with van der Waals surface area (Å²) in [5, 5.41) is 8.14. The van der Waals surface area contributed by atoms with E-state index in [1.54, 1.807) is 63.5 Å².